The Morgan fingerprint density at radius 2 is 1.07 bits per heavy atom. The van der Waals surface area contributed by atoms with Crippen LogP contribution >= 0.6 is 31.9 Å². The quantitative estimate of drug-likeness (QED) is 0.731. The maximum atomic E-state index is 5.78. The molecule has 0 aliphatic rings. The van der Waals surface area contributed by atoms with Crippen LogP contribution < -0.4 is 11.5 Å². The van der Waals surface area contributed by atoms with Crippen molar-refractivity contribution < 1.29 is 0 Å². The van der Waals surface area contributed by atoms with Crippen LogP contribution in [0.2, 0.25) is 0 Å². The maximum absolute atomic E-state index is 5.78. The third kappa shape index (κ3) is 1.38. The van der Waals surface area contributed by atoms with E-state index in [9.17, 15) is 0 Å². The first-order valence-electron chi connectivity index (χ1n) is 4.03. The molecule has 0 spiro atoms. The minimum Gasteiger partial charge on any atom is -0.398 e. The van der Waals surface area contributed by atoms with Crippen LogP contribution in [0.25, 0.3) is 10.8 Å². The number of benzene rings is 2. The zero-order valence-electron chi connectivity index (χ0n) is 7.22. The molecule has 0 aromatic heterocycles. The van der Waals surface area contributed by atoms with Crippen LogP contribution in [0, 0.1) is 0 Å². The molecule has 2 aromatic rings. The van der Waals surface area contributed by atoms with Gasteiger partial charge in [0.05, 0.1) is 0 Å². The Labute approximate surface area is 98.5 Å². The maximum Gasteiger partial charge on any atom is 0.0483 e. The molecule has 0 aliphatic heterocycles. The Kier molecular flexibility index (Phi) is 2.41. The molecular weight excluding hydrogens is 308 g/mol. The minimum absolute atomic E-state index is 0.731. The molecule has 4 N–H and O–H groups in total. The molecule has 4 heteroatoms. The monoisotopic (exact) mass is 314 g/mol. The first kappa shape index (κ1) is 9.80. The second-order valence-corrected chi connectivity index (χ2v) is 4.62. The summed E-state index contributed by atoms with van der Waals surface area (Å²) in [6.07, 6.45) is 0. The van der Waals surface area contributed by atoms with Gasteiger partial charge < -0.3 is 11.5 Å². The van der Waals surface area contributed by atoms with Gasteiger partial charge >= 0.3 is 0 Å². The van der Waals surface area contributed by atoms with Crippen molar-refractivity contribution in [3.05, 3.63) is 33.2 Å². The molecule has 0 fully saturated rings. The zero-order chi connectivity index (χ0) is 10.3. The molecule has 0 unspecified atom stereocenters. The lowest BCUT2D eigenvalue weighted by atomic mass is 10.1. The number of hydrogen-bond donors (Lipinski definition) is 2. The largest absolute Gasteiger partial charge is 0.398 e. The molecule has 0 saturated carbocycles. The summed E-state index contributed by atoms with van der Waals surface area (Å²) in [5.41, 5.74) is 13.0. The van der Waals surface area contributed by atoms with E-state index in [4.69, 9.17) is 11.5 Å². The third-order valence-corrected chi connectivity index (χ3v) is 3.90. The van der Waals surface area contributed by atoms with Crippen molar-refractivity contribution in [1.29, 1.82) is 0 Å². The molecule has 0 radical (unpaired) electrons. The van der Waals surface area contributed by atoms with Gasteiger partial charge in [-0.05, 0) is 54.8 Å². The number of rotatable bonds is 0. The van der Waals surface area contributed by atoms with Gasteiger partial charge in [-0.3, -0.25) is 0 Å². The van der Waals surface area contributed by atoms with Crippen molar-refractivity contribution in [1.82, 2.24) is 0 Å². The summed E-state index contributed by atoms with van der Waals surface area (Å²) in [5.74, 6) is 0. The predicted octanol–water partition coefficient (Wildman–Crippen LogP) is 3.53. The lowest BCUT2D eigenvalue weighted by molar-refractivity contribution is 1.65. The van der Waals surface area contributed by atoms with Gasteiger partial charge in [-0.25, -0.2) is 0 Å². The van der Waals surface area contributed by atoms with E-state index in [0.29, 0.717) is 0 Å². The molecule has 2 nitrogen and oxygen atoms in total. The van der Waals surface area contributed by atoms with Crippen LogP contribution in [0.3, 0.4) is 0 Å². The first-order chi connectivity index (χ1) is 6.61. The van der Waals surface area contributed by atoms with Crippen LogP contribution in [-0.4, -0.2) is 0 Å². The van der Waals surface area contributed by atoms with Gasteiger partial charge in [0.1, 0.15) is 0 Å². The van der Waals surface area contributed by atoms with Gasteiger partial charge in [-0.1, -0.05) is 12.1 Å². The van der Waals surface area contributed by atoms with Crippen molar-refractivity contribution in [2.45, 2.75) is 0 Å². The first-order valence-corrected chi connectivity index (χ1v) is 5.61. The van der Waals surface area contributed by atoms with E-state index in [0.717, 1.165) is 31.1 Å². The van der Waals surface area contributed by atoms with Crippen LogP contribution in [0.4, 0.5) is 11.4 Å². The smallest absolute Gasteiger partial charge is 0.0483 e. The topological polar surface area (TPSA) is 52.0 Å². The molecule has 0 bridgehead atoms. The molecular formula is C10H8Br2N2. The molecule has 0 saturated heterocycles. The van der Waals surface area contributed by atoms with E-state index in [-0.39, 0.29) is 0 Å². The summed E-state index contributed by atoms with van der Waals surface area (Å²) >= 11 is 6.91. The van der Waals surface area contributed by atoms with E-state index >= 15 is 0 Å². The van der Waals surface area contributed by atoms with Gasteiger partial charge in [-0.15, -0.1) is 0 Å². The van der Waals surface area contributed by atoms with Crippen LogP contribution in [0.5, 0.6) is 0 Å². The average molecular weight is 316 g/mol. The molecule has 0 amide bonds. The van der Waals surface area contributed by atoms with Crippen LogP contribution in [-0.2, 0) is 0 Å². The van der Waals surface area contributed by atoms with Crippen LogP contribution in [0.15, 0.2) is 33.2 Å². The van der Waals surface area contributed by atoms with Gasteiger partial charge in [0.2, 0.25) is 0 Å². The number of fused-ring (bicyclic) bond motifs is 1. The molecule has 72 valence electrons. The highest BCUT2D eigenvalue weighted by Crippen LogP contribution is 2.36. The second kappa shape index (κ2) is 3.44. The standard InChI is InChI=1S/C10H8Br2N2/c11-9-5-1-3-7(13)10(12)6(5)2-4-8(9)14/h1-4H,13-14H2. The van der Waals surface area contributed by atoms with E-state index in [1.165, 1.54) is 0 Å². The summed E-state index contributed by atoms with van der Waals surface area (Å²) < 4.78 is 1.83. The van der Waals surface area contributed by atoms with Gasteiger partial charge in [0.15, 0.2) is 0 Å². The number of hydrogen-bond acceptors (Lipinski definition) is 2. The fraction of sp³-hybridized carbons (Fsp3) is 0. The summed E-state index contributed by atoms with van der Waals surface area (Å²) in [5, 5.41) is 2.12. The number of anilines is 2. The average Bonchev–Trinajstić information content (AvgIpc) is 2.17. The third-order valence-electron chi connectivity index (χ3n) is 2.13. The SMILES string of the molecule is Nc1ccc2c(Br)c(N)ccc2c1Br. The molecule has 14 heavy (non-hydrogen) atoms. The Morgan fingerprint density at radius 3 is 1.43 bits per heavy atom. The summed E-state index contributed by atoms with van der Waals surface area (Å²) in [6, 6.07) is 7.62. The fourth-order valence-corrected chi connectivity index (χ4v) is 2.32. The number of nitrogen functional groups attached to an aromatic ring is 2. The highest BCUT2D eigenvalue weighted by Gasteiger charge is 2.06. The van der Waals surface area contributed by atoms with Crippen molar-refractivity contribution in [3.8, 4) is 0 Å². The van der Waals surface area contributed by atoms with Crippen LogP contribution in [0.1, 0.15) is 0 Å². The van der Waals surface area contributed by atoms with Gasteiger partial charge in [0.25, 0.3) is 0 Å². The minimum atomic E-state index is 0.731. The normalized spacial score (nSPS) is 10.7. The fourth-order valence-electron chi connectivity index (χ4n) is 1.37. The number of halogens is 2. The lowest BCUT2D eigenvalue weighted by Crippen LogP contribution is -1.90. The lowest BCUT2D eigenvalue weighted by Gasteiger charge is -2.07. The Hall–Kier alpha value is -0.740. The van der Waals surface area contributed by atoms with Crippen molar-refractivity contribution >= 4 is 54.0 Å². The summed E-state index contributed by atoms with van der Waals surface area (Å²) in [4.78, 5) is 0. The van der Waals surface area contributed by atoms with E-state index in [1.54, 1.807) is 0 Å². The van der Waals surface area contributed by atoms with Crippen molar-refractivity contribution in [2.24, 2.45) is 0 Å². The molecule has 2 aromatic carbocycles. The molecule has 0 heterocycles. The highest BCUT2D eigenvalue weighted by atomic mass is 79.9. The van der Waals surface area contributed by atoms with E-state index < -0.39 is 0 Å². The van der Waals surface area contributed by atoms with Gasteiger partial charge in [0, 0.05) is 20.3 Å². The molecule has 0 aliphatic carbocycles. The zero-order valence-corrected chi connectivity index (χ0v) is 10.4. The molecule has 0 atom stereocenters. The Balaban J connectivity index is 2.94. The van der Waals surface area contributed by atoms with E-state index in [1.807, 2.05) is 24.3 Å². The van der Waals surface area contributed by atoms with Gasteiger partial charge in [-0.2, -0.15) is 0 Å². The number of nitrogens with two attached hydrogens (primary N) is 2. The molecule has 2 rings (SSSR count). The summed E-state index contributed by atoms with van der Waals surface area (Å²) in [6.45, 7) is 0. The Morgan fingerprint density at radius 1 is 0.714 bits per heavy atom. The van der Waals surface area contributed by atoms with Crippen molar-refractivity contribution in [3.63, 3.8) is 0 Å². The van der Waals surface area contributed by atoms with E-state index in [2.05, 4.69) is 31.9 Å². The highest BCUT2D eigenvalue weighted by molar-refractivity contribution is 9.11. The summed E-state index contributed by atoms with van der Waals surface area (Å²) in [7, 11) is 0. The van der Waals surface area contributed by atoms with Crippen molar-refractivity contribution in [2.75, 3.05) is 11.5 Å². The second-order valence-electron chi connectivity index (χ2n) is 3.03. The predicted molar refractivity (Wildman–Crippen MR) is 68.2 cm³/mol. The Bertz CT molecular complexity index is 462.